The predicted octanol–water partition coefficient (Wildman–Crippen LogP) is 4.06. The molecular formula is C22H22ClFN4O2. The largest absolute Gasteiger partial charge is 0.419 e. The molecule has 0 atom stereocenters. The Hall–Kier alpha value is -2.77. The summed E-state index contributed by atoms with van der Waals surface area (Å²) in [4.78, 5) is 14.6. The second-order valence-corrected chi connectivity index (χ2v) is 7.84. The minimum Gasteiger partial charge on any atom is -0.419 e. The van der Waals surface area contributed by atoms with Crippen LogP contribution in [0.15, 0.2) is 52.9 Å². The van der Waals surface area contributed by atoms with Gasteiger partial charge in [-0.25, -0.2) is 4.39 Å². The normalized spacial score (nSPS) is 15.3. The maximum atomic E-state index is 13.0. The summed E-state index contributed by atoms with van der Waals surface area (Å²) in [6.45, 7) is 2.54. The first kappa shape index (κ1) is 20.5. The molecule has 1 saturated heterocycles. The van der Waals surface area contributed by atoms with E-state index in [-0.39, 0.29) is 17.6 Å². The number of rotatable bonds is 6. The van der Waals surface area contributed by atoms with Gasteiger partial charge in [0, 0.05) is 23.0 Å². The van der Waals surface area contributed by atoms with Gasteiger partial charge >= 0.3 is 0 Å². The number of piperidine rings is 1. The van der Waals surface area contributed by atoms with E-state index in [1.54, 1.807) is 24.3 Å². The molecule has 1 aliphatic heterocycles. The van der Waals surface area contributed by atoms with E-state index in [0.29, 0.717) is 29.9 Å². The highest BCUT2D eigenvalue weighted by atomic mass is 35.5. The smallest absolute Gasteiger partial charge is 0.247 e. The molecule has 4 rings (SSSR count). The van der Waals surface area contributed by atoms with E-state index in [1.807, 2.05) is 12.1 Å². The van der Waals surface area contributed by atoms with Crippen molar-refractivity contribution >= 4 is 17.5 Å². The van der Waals surface area contributed by atoms with Crippen LogP contribution in [0.1, 0.15) is 24.3 Å². The molecule has 2 heterocycles. The van der Waals surface area contributed by atoms with Gasteiger partial charge in [0.05, 0.1) is 6.54 Å². The average molecular weight is 429 g/mol. The van der Waals surface area contributed by atoms with E-state index in [4.69, 9.17) is 16.0 Å². The van der Waals surface area contributed by atoms with Gasteiger partial charge in [-0.2, -0.15) is 0 Å². The van der Waals surface area contributed by atoms with Crippen molar-refractivity contribution in [2.75, 3.05) is 13.1 Å². The van der Waals surface area contributed by atoms with Crippen LogP contribution < -0.4 is 5.32 Å². The van der Waals surface area contributed by atoms with Crippen molar-refractivity contribution < 1.29 is 13.6 Å². The Balaban J connectivity index is 1.24. The number of halogens is 2. The van der Waals surface area contributed by atoms with Crippen molar-refractivity contribution in [2.45, 2.75) is 25.9 Å². The van der Waals surface area contributed by atoms with Crippen molar-refractivity contribution in [1.82, 2.24) is 20.4 Å². The lowest BCUT2D eigenvalue weighted by Crippen LogP contribution is -2.40. The number of aromatic nitrogens is 2. The first-order valence-electron chi connectivity index (χ1n) is 9.89. The second kappa shape index (κ2) is 9.36. The molecule has 1 amide bonds. The highest BCUT2D eigenvalue weighted by molar-refractivity contribution is 6.30. The summed E-state index contributed by atoms with van der Waals surface area (Å²) >= 11 is 5.91. The summed E-state index contributed by atoms with van der Waals surface area (Å²) in [6.07, 6.45) is 1.54. The summed E-state index contributed by atoms with van der Waals surface area (Å²) in [5.74, 6) is 0.769. The van der Waals surface area contributed by atoms with Crippen molar-refractivity contribution in [3.05, 3.63) is 70.8 Å². The maximum Gasteiger partial charge on any atom is 0.247 e. The zero-order valence-electron chi connectivity index (χ0n) is 16.4. The molecule has 0 spiro atoms. The van der Waals surface area contributed by atoms with Crippen molar-refractivity contribution in [2.24, 2.45) is 5.92 Å². The number of amides is 1. The van der Waals surface area contributed by atoms with Crippen LogP contribution in [0, 0.1) is 11.7 Å². The number of benzene rings is 2. The van der Waals surface area contributed by atoms with E-state index < -0.39 is 0 Å². The van der Waals surface area contributed by atoms with Crippen LogP contribution in [0.4, 0.5) is 4.39 Å². The fraction of sp³-hybridized carbons (Fsp3) is 0.318. The molecule has 3 aromatic rings. The molecule has 0 saturated carbocycles. The first-order chi connectivity index (χ1) is 14.6. The van der Waals surface area contributed by atoms with Gasteiger partial charge in [-0.15, -0.1) is 10.2 Å². The van der Waals surface area contributed by atoms with Crippen LogP contribution in [0.5, 0.6) is 0 Å². The molecule has 8 heteroatoms. The minimum absolute atomic E-state index is 0.0194. The Morgan fingerprint density at radius 2 is 1.80 bits per heavy atom. The molecule has 0 unspecified atom stereocenters. The number of nitrogens with one attached hydrogen (secondary N) is 1. The van der Waals surface area contributed by atoms with E-state index in [2.05, 4.69) is 20.4 Å². The Kier molecular flexibility index (Phi) is 6.40. The zero-order valence-corrected chi connectivity index (χ0v) is 17.1. The molecule has 156 valence electrons. The molecule has 1 aliphatic rings. The van der Waals surface area contributed by atoms with Gasteiger partial charge in [0.1, 0.15) is 5.82 Å². The average Bonchev–Trinajstić information content (AvgIpc) is 3.22. The highest BCUT2D eigenvalue weighted by Crippen LogP contribution is 2.22. The molecule has 0 bridgehead atoms. The Labute approximate surface area is 179 Å². The van der Waals surface area contributed by atoms with Crippen LogP contribution in [0.25, 0.3) is 11.5 Å². The number of carbonyl (C=O) groups excluding carboxylic acids is 1. The van der Waals surface area contributed by atoms with Crippen molar-refractivity contribution in [3.8, 4) is 11.5 Å². The molecular weight excluding hydrogens is 407 g/mol. The van der Waals surface area contributed by atoms with Gasteiger partial charge in [0.15, 0.2) is 0 Å². The van der Waals surface area contributed by atoms with E-state index in [1.165, 1.54) is 12.1 Å². The Morgan fingerprint density at radius 3 is 2.50 bits per heavy atom. The van der Waals surface area contributed by atoms with Crippen molar-refractivity contribution in [3.63, 3.8) is 0 Å². The summed E-state index contributed by atoms with van der Waals surface area (Å²) in [5.41, 5.74) is 1.71. The summed E-state index contributed by atoms with van der Waals surface area (Å²) in [5, 5.41) is 11.8. The molecule has 0 radical (unpaired) electrons. The third kappa shape index (κ3) is 5.23. The van der Waals surface area contributed by atoms with Crippen molar-refractivity contribution in [1.29, 1.82) is 0 Å². The van der Waals surface area contributed by atoms with Crippen LogP contribution in [-0.4, -0.2) is 34.1 Å². The summed E-state index contributed by atoms with van der Waals surface area (Å²) < 4.78 is 18.7. The number of carbonyl (C=O) groups is 1. The first-order valence-corrected chi connectivity index (χ1v) is 10.3. The Morgan fingerprint density at radius 1 is 1.10 bits per heavy atom. The van der Waals surface area contributed by atoms with Crippen LogP contribution in [0.3, 0.4) is 0 Å². The van der Waals surface area contributed by atoms with Crippen LogP contribution in [-0.2, 0) is 17.9 Å². The van der Waals surface area contributed by atoms with E-state index in [0.717, 1.165) is 37.1 Å². The molecule has 1 aromatic heterocycles. The lowest BCUT2D eigenvalue weighted by Gasteiger charge is -2.30. The monoisotopic (exact) mass is 428 g/mol. The van der Waals surface area contributed by atoms with Gasteiger partial charge in [-0.05, 0) is 67.9 Å². The molecule has 1 N–H and O–H groups in total. The standard InChI is InChI=1S/C22H22ClFN4O2/c23-18-5-3-17(4-6-18)22-27-26-20(30-22)14-28-11-9-16(10-12-28)21(29)25-13-15-1-7-19(24)8-2-15/h1-8,16H,9-14H2,(H,25,29). The van der Waals surface area contributed by atoms with Gasteiger partial charge in [-0.3, -0.25) is 9.69 Å². The third-order valence-corrected chi connectivity index (χ3v) is 5.51. The molecule has 0 aliphatic carbocycles. The van der Waals surface area contributed by atoms with Crippen LogP contribution in [0.2, 0.25) is 5.02 Å². The zero-order chi connectivity index (χ0) is 20.9. The highest BCUT2D eigenvalue weighted by Gasteiger charge is 2.25. The number of nitrogens with zero attached hydrogens (tertiary/aromatic N) is 3. The van der Waals surface area contributed by atoms with Gasteiger partial charge < -0.3 is 9.73 Å². The topological polar surface area (TPSA) is 71.3 Å². The maximum absolute atomic E-state index is 13.0. The molecule has 1 fully saturated rings. The molecule has 30 heavy (non-hydrogen) atoms. The summed E-state index contributed by atoms with van der Waals surface area (Å²) in [6, 6.07) is 13.4. The quantitative estimate of drug-likeness (QED) is 0.641. The predicted molar refractivity (Wildman–Crippen MR) is 111 cm³/mol. The minimum atomic E-state index is -0.279. The lowest BCUT2D eigenvalue weighted by atomic mass is 9.96. The number of hydrogen-bond acceptors (Lipinski definition) is 5. The Bertz CT molecular complexity index is 983. The van der Waals surface area contributed by atoms with Gasteiger partial charge in [0.2, 0.25) is 17.7 Å². The third-order valence-electron chi connectivity index (χ3n) is 5.26. The lowest BCUT2D eigenvalue weighted by molar-refractivity contribution is -0.126. The number of likely N-dealkylation sites (tertiary alicyclic amines) is 1. The SMILES string of the molecule is O=C(NCc1ccc(F)cc1)C1CCN(Cc2nnc(-c3ccc(Cl)cc3)o2)CC1. The fourth-order valence-corrected chi connectivity index (χ4v) is 3.63. The second-order valence-electron chi connectivity index (χ2n) is 7.40. The molecule has 2 aromatic carbocycles. The molecule has 6 nitrogen and oxygen atoms in total. The number of hydrogen-bond donors (Lipinski definition) is 1. The van der Waals surface area contributed by atoms with Crippen LogP contribution >= 0.6 is 11.6 Å². The van der Waals surface area contributed by atoms with E-state index >= 15 is 0 Å². The van der Waals surface area contributed by atoms with Gasteiger partial charge in [0.25, 0.3) is 0 Å². The van der Waals surface area contributed by atoms with E-state index in [9.17, 15) is 9.18 Å². The summed E-state index contributed by atoms with van der Waals surface area (Å²) in [7, 11) is 0. The fourth-order valence-electron chi connectivity index (χ4n) is 3.51. The van der Waals surface area contributed by atoms with Gasteiger partial charge in [-0.1, -0.05) is 23.7 Å².